The van der Waals surface area contributed by atoms with E-state index >= 15 is 0 Å². The number of nitrogens with one attached hydrogen (secondary N) is 2. The fourth-order valence-electron chi connectivity index (χ4n) is 2.95. The van der Waals surface area contributed by atoms with Crippen molar-refractivity contribution in [3.63, 3.8) is 0 Å². The standard InChI is InChI=1S/C18H25N5O2S/c1-3-14-6-4-5-7-15(14)19-17(24)13-26-18-21-20-16(22(18)2)12-23-8-10-25-11-9-23/h4-7H,3,8-13H2,1-2H3,(H,19,24)/p+1. The summed E-state index contributed by atoms with van der Waals surface area (Å²) in [5.41, 5.74) is 2.02. The van der Waals surface area contributed by atoms with Gasteiger partial charge in [-0.25, -0.2) is 0 Å². The Morgan fingerprint density at radius 3 is 2.85 bits per heavy atom. The Hall–Kier alpha value is -1.90. The summed E-state index contributed by atoms with van der Waals surface area (Å²) in [5, 5.41) is 12.3. The molecule has 1 aromatic carbocycles. The van der Waals surface area contributed by atoms with Crippen molar-refractivity contribution in [1.82, 2.24) is 14.8 Å². The van der Waals surface area contributed by atoms with Crippen LogP contribution in [0.25, 0.3) is 0 Å². The molecule has 26 heavy (non-hydrogen) atoms. The Bertz CT molecular complexity index is 743. The monoisotopic (exact) mass is 376 g/mol. The summed E-state index contributed by atoms with van der Waals surface area (Å²) in [6.07, 6.45) is 0.889. The summed E-state index contributed by atoms with van der Waals surface area (Å²) in [6, 6.07) is 7.89. The van der Waals surface area contributed by atoms with Gasteiger partial charge in [0.05, 0.1) is 19.0 Å². The first kappa shape index (κ1) is 18.9. The number of nitrogens with zero attached hydrogens (tertiary/aromatic N) is 3. The van der Waals surface area contributed by atoms with E-state index in [0.29, 0.717) is 5.75 Å². The largest absolute Gasteiger partial charge is 0.370 e. The number of ether oxygens (including phenoxy) is 1. The number of carbonyl (C=O) groups is 1. The second-order valence-corrected chi connectivity index (χ2v) is 7.29. The molecule has 2 heterocycles. The Balaban J connectivity index is 1.53. The lowest BCUT2D eigenvalue weighted by molar-refractivity contribution is -0.922. The Kier molecular flexibility index (Phi) is 6.65. The van der Waals surface area contributed by atoms with E-state index in [1.54, 1.807) is 0 Å². The van der Waals surface area contributed by atoms with E-state index in [1.807, 2.05) is 35.9 Å². The molecular weight excluding hydrogens is 350 g/mol. The van der Waals surface area contributed by atoms with Crippen LogP contribution in [0.4, 0.5) is 5.69 Å². The molecule has 140 valence electrons. The van der Waals surface area contributed by atoms with Crippen molar-refractivity contribution >= 4 is 23.4 Å². The Morgan fingerprint density at radius 1 is 1.31 bits per heavy atom. The quantitative estimate of drug-likeness (QED) is 0.690. The van der Waals surface area contributed by atoms with E-state index in [1.165, 1.54) is 16.7 Å². The SMILES string of the molecule is CCc1ccccc1NC(=O)CSc1nnc(C[NH+]2CCOCC2)n1C. The highest BCUT2D eigenvalue weighted by atomic mass is 32.2. The fraction of sp³-hybridized carbons (Fsp3) is 0.500. The van der Waals surface area contributed by atoms with E-state index in [2.05, 4.69) is 22.4 Å². The topological polar surface area (TPSA) is 73.5 Å². The highest BCUT2D eigenvalue weighted by Gasteiger charge is 2.19. The van der Waals surface area contributed by atoms with Gasteiger partial charge < -0.3 is 19.5 Å². The van der Waals surface area contributed by atoms with Crippen LogP contribution in [0, 0.1) is 0 Å². The number of rotatable bonds is 7. The summed E-state index contributed by atoms with van der Waals surface area (Å²) in [6.45, 7) is 6.51. The van der Waals surface area contributed by atoms with Crippen LogP contribution in [-0.2, 0) is 29.5 Å². The number of carbonyl (C=O) groups excluding carboxylic acids is 1. The lowest BCUT2D eigenvalue weighted by atomic mass is 10.1. The van der Waals surface area contributed by atoms with Crippen molar-refractivity contribution in [2.45, 2.75) is 25.0 Å². The molecule has 1 aromatic heterocycles. The first-order valence-corrected chi connectivity index (χ1v) is 9.96. The minimum Gasteiger partial charge on any atom is -0.370 e. The number of para-hydroxylation sites is 1. The summed E-state index contributed by atoms with van der Waals surface area (Å²) in [7, 11) is 1.96. The molecule has 1 aliphatic rings. The lowest BCUT2D eigenvalue weighted by Gasteiger charge is -2.23. The minimum absolute atomic E-state index is 0.0285. The zero-order valence-corrected chi connectivity index (χ0v) is 16.1. The van der Waals surface area contributed by atoms with Gasteiger partial charge in [0.1, 0.15) is 19.6 Å². The van der Waals surface area contributed by atoms with Gasteiger partial charge in [0.25, 0.3) is 0 Å². The molecule has 8 heteroatoms. The maximum Gasteiger partial charge on any atom is 0.234 e. The average molecular weight is 377 g/mol. The number of aryl methyl sites for hydroxylation is 1. The van der Waals surface area contributed by atoms with Crippen LogP contribution >= 0.6 is 11.8 Å². The number of thioether (sulfide) groups is 1. The molecule has 2 N–H and O–H groups in total. The van der Waals surface area contributed by atoms with Gasteiger partial charge in [-0.2, -0.15) is 0 Å². The van der Waals surface area contributed by atoms with Crippen molar-refractivity contribution in [3.05, 3.63) is 35.7 Å². The van der Waals surface area contributed by atoms with Gasteiger partial charge >= 0.3 is 0 Å². The van der Waals surface area contributed by atoms with Crippen molar-refractivity contribution in [3.8, 4) is 0 Å². The van der Waals surface area contributed by atoms with E-state index < -0.39 is 0 Å². The van der Waals surface area contributed by atoms with E-state index in [9.17, 15) is 4.79 Å². The van der Waals surface area contributed by atoms with Crippen LogP contribution in [0.2, 0.25) is 0 Å². The van der Waals surface area contributed by atoms with Crippen LogP contribution in [0.5, 0.6) is 0 Å². The molecule has 0 atom stereocenters. The molecule has 1 saturated heterocycles. The molecule has 1 fully saturated rings. The zero-order chi connectivity index (χ0) is 18.4. The number of benzene rings is 1. The number of hydrogen-bond acceptors (Lipinski definition) is 5. The molecule has 2 aromatic rings. The summed E-state index contributed by atoms with van der Waals surface area (Å²) in [5.74, 6) is 1.23. The van der Waals surface area contributed by atoms with Crippen LogP contribution < -0.4 is 10.2 Å². The molecule has 0 saturated carbocycles. The van der Waals surface area contributed by atoms with Crippen LogP contribution in [-0.4, -0.2) is 52.7 Å². The smallest absolute Gasteiger partial charge is 0.234 e. The van der Waals surface area contributed by atoms with Gasteiger partial charge in [0.2, 0.25) is 5.91 Å². The number of amides is 1. The number of hydrogen-bond donors (Lipinski definition) is 2. The molecule has 0 bridgehead atoms. The summed E-state index contributed by atoms with van der Waals surface area (Å²) < 4.78 is 7.38. The van der Waals surface area contributed by atoms with Crippen LogP contribution in [0.1, 0.15) is 18.3 Å². The number of quaternary nitrogens is 1. The third-order valence-electron chi connectivity index (χ3n) is 4.54. The van der Waals surface area contributed by atoms with E-state index in [-0.39, 0.29) is 5.91 Å². The van der Waals surface area contributed by atoms with Gasteiger partial charge in [-0.1, -0.05) is 36.9 Å². The van der Waals surface area contributed by atoms with Crippen molar-refractivity contribution in [1.29, 1.82) is 0 Å². The Labute approximate surface area is 158 Å². The van der Waals surface area contributed by atoms with Crippen molar-refractivity contribution in [2.75, 3.05) is 37.4 Å². The molecular formula is C18H26N5O2S+. The second kappa shape index (κ2) is 9.16. The minimum atomic E-state index is -0.0285. The van der Waals surface area contributed by atoms with Crippen LogP contribution in [0.15, 0.2) is 29.4 Å². The van der Waals surface area contributed by atoms with Gasteiger partial charge in [-0.15, -0.1) is 10.2 Å². The maximum absolute atomic E-state index is 12.3. The predicted octanol–water partition coefficient (Wildman–Crippen LogP) is 0.523. The van der Waals surface area contributed by atoms with Gasteiger partial charge in [-0.3, -0.25) is 4.79 Å². The van der Waals surface area contributed by atoms with Crippen LogP contribution in [0.3, 0.4) is 0 Å². The fourth-order valence-corrected chi connectivity index (χ4v) is 3.68. The van der Waals surface area contributed by atoms with Gasteiger partial charge in [0.15, 0.2) is 11.0 Å². The first-order chi connectivity index (χ1) is 12.7. The molecule has 3 rings (SSSR count). The highest BCUT2D eigenvalue weighted by molar-refractivity contribution is 7.99. The number of anilines is 1. The molecule has 7 nitrogen and oxygen atoms in total. The Morgan fingerprint density at radius 2 is 2.08 bits per heavy atom. The maximum atomic E-state index is 12.3. The third kappa shape index (κ3) is 4.84. The molecule has 0 spiro atoms. The lowest BCUT2D eigenvalue weighted by Crippen LogP contribution is -3.12. The summed E-state index contributed by atoms with van der Waals surface area (Å²) >= 11 is 1.41. The molecule has 0 radical (unpaired) electrons. The van der Waals surface area contributed by atoms with Gasteiger partial charge in [0, 0.05) is 12.7 Å². The average Bonchev–Trinajstić information content (AvgIpc) is 3.01. The van der Waals surface area contributed by atoms with Crippen molar-refractivity contribution < 1.29 is 14.4 Å². The number of morpholine rings is 1. The molecule has 0 aliphatic carbocycles. The van der Waals surface area contributed by atoms with E-state index in [4.69, 9.17) is 4.74 Å². The van der Waals surface area contributed by atoms with Gasteiger partial charge in [-0.05, 0) is 18.1 Å². The van der Waals surface area contributed by atoms with E-state index in [0.717, 1.165) is 61.5 Å². The molecule has 0 unspecified atom stereocenters. The normalized spacial score (nSPS) is 15.2. The number of aromatic nitrogens is 3. The zero-order valence-electron chi connectivity index (χ0n) is 15.3. The molecule has 1 amide bonds. The first-order valence-electron chi connectivity index (χ1n) is 8.97. The predicted molar refractivity (Wildman–Crippen MR) is 101 cm³/mol. The second-order valence-electron chi connectivity index (χ2n) is 6.34. The third-order valence-corrected chi connectivity index (χ3v) is 5.56. The molecule has 1 aliphatic heterocycles. The summed E-state index contributed by atoms with van der Waals surface area (Å²) in [4.78, 5) is 13.7. The van der Waals surface area contributed by atoms with Crippen molar-refractivity contribution in [2.24, 2.45) is 7.05 Å². The highest BCUT2D eigenvalue weighted by Crippen LogP contribution is 2.18.